The maximum Gasteiger partial charge on any atom is 0.270 e. The minimum atomic E-state index is -0.405. The smallest absolute Gasteiger partial charge is 0.270 e. The van der Waals surface area contributed by atoms with Gasteiger partial charge in [-0.15, -0.1) is 0 Å². The van der Waals surface area contributed by atoms with Crippen molar-refractivity contribution in [2.24, 2.45) is 5.92 Å². The van der Waals surface area contributed by atoms with Gasteiger partial charge in [-0.05, 0) is 37.3 Å². The van der Waals surface area contributed by atoms with Crippen LogP contribution in [0.4, 0.5) is 5.69 Å². The van der Waals surface area contributed by atoms with E-state index in [2.05, 4.69) is 12.2 Å². The predicted molar refractivity (Wildman–Crippen MR) is 81.2 cm³/mol. The first-order chi connectivity index (χ1) is 9.61. The van der Waals surface area contributed by atoms with Crippen molar-refractivity contribution in [2.45, 2.75) is 45.1 Å². The molecule has 0 bridgehead atoms. The third kappa shape index (κ3) is 3.70. The summed E-state index contributed by atoms with van der Waals surface area (Å²) in [5, 5.41) is 14.8. The molecule has 2 unspecified atom stereocenters. The number of benzene rings is 1. The van der Waals surface area contributed by atoms with Crippen LogP contribution in [0.1, 0.15) is 38.2 Å². The standard InChI is InChI=1S/C15H21ClN2O2/c1-2-17-15-6-4-3-5-12(15)9-11-7-8-13(18(19)20)10-14(11)16/h7-8,10,12,15,17H,2-6,9H2,1H3. The Hall–Kier alpha value is -1.13. The summed E-state index contributed by atoms with van der Waals surface area (Å²) in [6.45, 7) is 3.11. The van der Waals surface area contributed by atoms with Crippen LogP contribution in [0.15, 0.2) is 18.2 Å². The SMILES string of the molecule is CCNC1CCCCC1Cc1ccc([N+](=O)[O-])cc1Cl. The van der Waals surface area contributed by atoms with E-state index in [9.17, 15) is 10.1 Å². The number of nitro groups is 1. The molecule has 0 aliphatic heterocycles. The van der Waals surface area contributed by atoms with E-state index < -0.39 is 4.92 Å². The largest absolute Gasteiger partial charge is 0.314 e. The van der Waals surface area contributed by atoms with E-state index in [0.29, 0.717) is 17.0 Å². The monoisotopic (exact) mass is 296 g/mol. The molecule has 1 N–H and O–H groups in total. The van der Waals surface area contributed by atoms with E-state index in [1.54, 1.807) is 12.1 Å². The van der Waals surface area contributed by atoms with E-state index >= 15 is 0 Å². The van der Waals surface area contributed by atoms with Crippen molar-refractivity contribution in [3.63, 3.8) is 0 Å². The Labute approximate surface area is 124 Å². The lowest BCUT2D eigenvalue weighted by Crippen LogP contribution is -2.39. The molecule has 2 rings (SSSR count). The van der Waals surface area contributed by atoms with Gasteiger partial charge < -0.3 is 5.32 Å². The molecule has 1 aliphatic rings. The number of hydrogen-bond acceptors (Lipinski definition) is 3. The summed E-state index contributed by atoms with van der Waals surface area (Å²) in [5.41, 5.74) is 1.08. The lowest BCUT2D eigenvalue weighted by atomic mass is 9.80. The Morgan fingerprint density at radius 1 is 1.40 bits per heavy atom. The van der Waals surface area contributed by atoms with Gasteiger partial charge in [0.2, 0.25) is 0 Å². The number of nitrogens with zero attached hydrogens (tertiary/aromatic N) is 1. The summed E-state index contributed by atoms with van der Waals surface area (Å²) in [6, 6.07) is 5.35. The summed E-state index contributed by atoms with van der Waals surface area (Å²) < 4.78 is 0. The van der Waals surface area contributed by atoms with Crippen LogP contribution >= 0.6 is 11.6 Å². The Kier molecular flexibility index (Phi) is 5.38. The zero-order chi connectivity index (χ0) is 14.5. The van der Waals surface area contributed by atoms with Crippen LogP contribution in [0.5, 0.6) is 0 Å². The fraction of sp³-hybridized carbons (Fsp3) is 0.600. The van der Waals surface area contributed by atoms with Gasteiger partial charge in [0.1, 0.15) is 0 Å². The Balaban J connectivity index is 2.09. The summed E-state index contributed by atoms with van der Waals surface area (Å²) in [5.74, 6) is 0.572. The van der Waals surface area contributed by atoms with E-state index in [-0.39, 0.29) is 5.69 Å². The molecule has 20 heavy (non-hydrogen) atoms. The Morgan fingerprint density at radius 2 is 2.15 bits per heavy atom. The van der Waals surface area contributed by atoms with Gasteiger partial charge in [-0.1, -0.05) is 37.4 Å². The molecule has 0 radical (unpaired) electrons. The molecule has 1 saturated carbocycles. The first kappa shape index (κ1) is 15.3. The molecule has 110 valence electrons. The van der Waals surface area contributed by atoms with Crippen molar-refractivity contribution >= 4 is 17.3 Å². The second-order valence-corrected chi connectivity index (χ2v) is 5.85. The maximum atomic E-state index is 10.7. The van der Waals surface area contributed by atoms with Gasteiger partial charge in [0.25, 0.3) is 5.69 Å². The van der Waals surface area contributed by atoms with Crippen LogP contribution in [0.25, 0.3) is 0 Å². The lowest BCUT2D eigenvalue weighted by Gasteiger charge is -2.32. The highest BCUT2D eigenvalue weighted by Crippen LogP contribution is 2.31. The minimum Gasteiger partial charge on any atom is -0.314 e. The summed E-state index contributed by atoms with van der Waals surface area (Å²) in [7, 11) is 0. The van der Waals surface area contributed by atoms with Crippen molar-refractivity contribution in [1.82, 2.24) is 5.32 Å². The van der Waals surface area contributed by atoms with E-state index in [1.807, 2.05) is 0 Å². The Bertz CT molecular complexity index is 477. The second-order valence-electron chi connectivity index (χ2n) is 5.45. The van der Waals surface area contributed by atoms with Crippen LogP contribution < -0.4 is 5.32 Å². The van der Waals surface area contributed by atoms with Gasteiger partial charge in [-0.25, -0.2) is 0 Å². The quantitative estimate of drug-likeness (QED) is 0.661. The molecule has 1 fully saturated rings. The van der Waals surface area contributed by atoms with Gasteiger partial charge in [0, 0.05) is 18.2 Å². The highest BCUT2D eigenvalue weighted by atomic mass is 35.5. The second kappa shape index (κ2) is 7.04. The van der Waals surface area contributed by atoms with Crippen molar-refractivity contribution < 1.29 is 4.92 Å². The van der Waals surface area contributed by atoms with Gasteiger partial charge in [0.15, 0.2) is 0 Å². The highest BCUT2D eigenvalue weighted by Gasteiger charge is 2.25. The van der Waals surface area contributed by atoms with Gasteiger partial charge in [0.05, 0.1) is 9.95 Å². The number of non-ortho nitro benzene ring substituents is 1. The fourth-order valence-corrected chi connectivity index (χ4v) is 3.33. The number of nitrogens with one attached hydrogen (secondary N) is 1. The molecule has 0 amide bonds. The van der Waals surface area contributed by atoms with Crippen LogP contribution in [0.2, 0.25) is 5.02 Å². The number of hydrogen-bond donors (Lipinski definition) is 1. The maximum absolute atomic E-state index is 10.7. The van der Waals surface area contributed by atoms with E-state index in [1.165, 1.54) is 31.7 Å². The molecule has 5 heteroatoms. The third-order valence-electron chi connectivity index (χ3n) is 4.10. The molecule has 0 spiro atoms. The predicted octanol–water partition coefficient (Wildman–Crippen LogP) is 3.96. The third-order valence-corrected chi connectivity index (χ3v) is 4.46. The molecule has 2 atom stereocenters. The number of nitro benzene ring substituents is 1. The molecule has 1 aromatic rings. The summed E-state index contributed by atoms with van der Waals surface area (Å²) in [4.78, 5) is 10.3. The highest BCUT2D eigenvalue weighted by molar-refractivity contribution is 6.31. The average Bonchev–Trinajstić information content (AvgIpc) is 2.43. The normalized spacial score (nSPS) is 22.7. The van der Waals surface area contributed by atoms with Gasteiger partial charge in [-0.2, -0.15) is 0 Å². The molecule has 0 heterocycles. The number of halogens is 1. The summed E-state index contributed by atoms with van der Waals surface area (Å²) >= 11 is 6.19. The summed E-state index contributed by atoms with van der Waals surface area (Å²) in [6.07, 6.45) is 5.85. The van der Waals surface area contributed by atoms with Crippen LogP contribution in [0.3, 0.4) is 0 Å². The van der Waals surface area contributed by atoms with E-state index in [4.69, 9.17) is 11.6 Å². The first-order valence-electron chi connectivity index (χ1n) is 7.28. The topological polar surface area (TPSA) is 55.2 Å². The molecule has 1 aliphatic carbocycles. The molecule has 4 nitrogen and oxygen atoms in total. The Morgan fingerprint density at radius 3 is 2.80 bits per heavy atom. The lowest BCUT2D eigenvalue weighted by molar-refractivity contribution is -0.384. The van der Waals surface area contributed by atoms with Crippen molar-refractivity contribution in [3.05, 3.63) is 38.9 Å². The van der Waals surface area contributed by atoms with Crippen LogP contribution in [0, 0.1) is 16.0 Å². The van der Waals surface area contributed by atoms with Crippen molar-refractivity contribution in [3.8, 4) is 0 Å². The van der Waals surface area contributed by atoms with Crippen LogP contribution in [-0.4, -0.2) is 17.5 Å². The van der Waals surface area contributed by atoms with Crippen LogP contribution in [-0.2, 0) is 6.42 Å². The zero-order valence-corrected chi connectivity index (χ0v) is 12.5. The average molecular weight is 297 g/mol. The molecule has 0 saturated heterocycles. The van der Waals surface area contributed by atoms with Crippen molar-refractivity contribution in [2.75, 3.05) is 6.54 Å². The zero-order valence-electron chi connectivity index (χ0n) is 11.8. The molecule has 1 aromatic carbocycles. The molecule has 0 aromatic heterocycles. The van der Waals surface area contributed by atoms with Crippen molar-refractivity contribution in [1.29, 1.82) is 0 Å². The van der Waals surface area contributed by atoms with E-state index in [0.717, 1.165) is 18.5 Å². The molecular formula is C15H21ClN2O2. The van der Waals surface area contributed by atoms with Gasteiger partial charge in [-0.3, -0.25) is 10.1 Å². The molecular weight excluding hydrogens is 276 g/mol. The van der Waals surface area contributed by atoms with Gasteiger partial charge >= 0.3 is 0 Å². The fourth-order valence-electron chi connectivity index (χ4n) is 3.08. The first-order valence-corrected chi connectivity index (χ1v) is 7.65. The number of rotatable bonds is 5. The minimum absolute atomic E-state index is 0.0608.